The molecule has 1 aromatic heterocycles. The van der Waals surface area contributed by atoms with Crippen molar-refractivity contribution >= 4 is 28.7 Å². The van der Waals surface area contributed by atoms with Crippen molar-refractivity contribution in [2.45, 2.75) is 6.92 Å². The van der Waals surface area contributed by atoms with Gasteiger partial charge in [0.05, 0.1) is 6.54 Å². The van der Waals surface area contributed by atoms with Crippen LogP contribution >= 0.6 is 0 Å². The zero-order valence-corrected chi connectivity index (χ0v) is 16.8. The van der Waals surface area contributed by atoms with E-state index in [1.807, 2.05) is 43.3 Å². The monoisotopic (exact) mass is 405 g/mol. The molecule has 0 radical (unpaired) electrons. The van der Waals surface area contributed by atoms with Crippen molar-refractivity contribution in [3.63, 3.8) is 0 Å². The van der Waals surface area contributed by atoms with Gasteiger partial charge in [-0.1, -0.05) is 35.9 Å². The first-order valence-corrected chi connectivity index (χ1v) is 9.92. The van der Waals surface area contributed by atoms with Crippen molar-refractivity contribution in [1.29, 1.82) is 0 Å². The Bertz CT molecular complexity index is 1060. The summed E-state index contributed by atoms with van der Waals surface area (Å²) in [5.74, 6) is -0.301. The van der Waals surface area contributed by atoms with Crippen LogP contribution in [0.1, 0.15) is 26.5 Å². The minimum absolute atomic E-state index is 0.0652. The summed E-state index contributed by atoms with van der Waals surface area (Å²) >= 11 is 0. The highest BCUT2D eigenvalue weighted by atomic mass is 16.3. The molecular formula is C23H23N3O4. The zero-order chi connectivity index (χ0) is 21.1. The van der Waals surface area contributed by atoms with E-state index >= 15 is 0 Å². The Morgan fingerprint density at radius 1 is 0.933 bits per heavy atom. The summed E-state index contributed by atoms with van der Waals surface area (Å²) in [5, 5.41) is 3.56. The van der Waals surface area contributed by atoms with Crippen molar-refractivity contribution in [1.82, 2.24) is 15.1 Å². The van der Waals surface area contributed by atoms with E-state index in [0.29, 0.717) is 43.1 Å². The van der Waals surface area contributed by atoms with Crippen molar-refractivity contribution in [3.8, 4) is 0 Å². The molecular weight excluding hydrogens is 382 g/mol. The molecule has 1 N–H and O–H groups in total. The topological polar surface area (TPSA) is 82.9 Å². The van der Waals surface area contributed by atoms with Crippen LogP contribution in [0.4, 0.5) is 0 Å². The number of piperazine rings is 1. The van der Waals surface area contributed by atoms with E-state index < -0.39 is 0 Å². The summed E-state index contributed by atoms with van der Waals surface area (Å²) in [6, 6.07) is 16.5. The minimum Gasteiger partial charge on any atom is -0.451 e. The van der Waals surface area contributed by atoms with Gasteiger partial charge in [0.2, 0.25) is 5.91 Å². The van der Waals surface area contributed by atoms with Crippen molar-refractivity contribution in [3.05, 3.63) is 71.5 Å². The Kier molecular flexibility index (Phi) is 5.52. The molecule has 30 heavy (non-hydrogen) atoms. The quantitative estimate of drug-likeness (QED) is 0.723. The lowest BCUT2D eigenvalue weighted by molar-refractivity contribution is -0.131. The molecule has 154 valence electrons. The standard InChI is InChI=1S/C23H23N3O4/c1-16-5-4-7-18(13-16)22(28)24-15-21(27)25-9-11-26(12-10-25)23(29)20-14-17-6-2-3-8-19(17)30-20/h2-8,13-14H,9-12,15H2,1H3,(H,24,28). The first-order valence-electron chi connectivity index (χ1n) is 9.92. The lowest BCUT2D eigenvalue weighted by Crippen LogP contribution is -2.52. The molecule has 0 atom stereocenters. The van der Waals surface area contributed by atoms with E-state index in [0.717, 1.165) is 10.9 Å². The molecule has 0 unspecified atom stereocenters. The van der Waals surface area contributed by atoms with Crippen LogP contribution in [0.3, 0.4) is 0 Å². The number of aryl methyl sites for hydroxylation is 1. The first kappa shape index (κ1) is 19.7. The largest absolute Gasteiger partial charge is 0.451 e. The highest BCUT2D eigenvalue weighted by molar-refractivity contribution is 5.97. The second-order valence-electron chi connectivity index (χ2n) is 7.37. The summed E-state index contributed by atoms with van der Waals surface area (Å²) in [6.45, 7) is 3.54. The molecule has 3 amide bonds. The molecule has 7 heteroatoms. The van der Waals surface area contributed by atoms with E-state index in [1.54, 1.807) is 28.0 Å². The third-order valence-electron chi connectivity index (χ3n) is 5.24. The number of carbonyl (C=O) groups is 3. The van der Waals surface area contributed by atoms with Gasteiger partial charge in [0.25, 0.3) is 11.8 Å². The normalized spacial score (nSPS) is 14.0. The number of amides is 3. The van der Waals surface area contributed by atoms with E-state index in [2.05, 4.69) is 5.32 Å². The van der Waals surface area contributed by atoms with Crippen molar-refractivity contribution < 1.29 is 18.8 Å². The van der Waals surface area contributed by atoms with Gasteiger partial charge in [-0.15, -0.1) is 0 Å². The second kappa shape index (κ2) is 8.41. The number of para-hydroxylation sites is 1. The van der Waals surface area contributed by atoms with Gasteiger partial charge in [-0.25, -0.2) is 0 Å². The van der Waals surface area contributed by atoms with Crippen LogP contribution in [0.25, 0.3) is 11.0 Å². The van der Waals surface area contributed by atoms with E-state index in [9.17, 15) is 14.4 Å². The summed E-state index contributed by atoms with van der Waals surface area (Å²) in [4.78, 5) is 40.7. The molecule has 2 heterocycles. The second-order valence-corrected chi connectivity index (χ2v) is 7.37. The Hall–Kier alpha value is -3.61. The number of nitrogens with zero attached hydrogens (tertiary/aromatic N) is 2. The van der Waals surface area contributed by atoms with Crippen LogP contribution in [0.15, 0.2) is 59.0 Å². The Morgan fingerprint density at radius 3 is 2.40 bits per heavy atom. The lowest BCUT2D eigenvalue weighted by Gasteiger charge is -2.34. The number of rotatable bonds is 4. The van der Waals surface area contributed by atoms with Crippen molar-refractivity contribution in [2.75, 3.05) is 32.7 Å². The molecule has 0 spiro atoms. The van der Waals surface area contributed by atoms with Crippen LogP contribution in [0.2, 0.25) is 0 Å². The number of fused-ring (bicyclic) bond motifs is 1. The van der Waals surface area contributed by atoms with Gasteiger partial charge in [-0.2, -0.15) is 0 Å². The maximum Gasteiger partial charge on any atom is 0.289 e. The Labute approximate surface area is 174 Å². The van der Waals surface area contributed by atoms with Gasteiger partial charge >= 0.3 is 0 Å². The Balaban J connectivity index is 1.29. The molecule has 7 nitrogen and oxygen atoms in total. The van der Waals surface area contributed by atoms with E-state index in [-0.39, 0.29) is 24.3 Å². The third-order valence-corrected chi connectivity index (χ3v) is 5.24. The lowest BCUT2D eigenvalue weighted by atomic mass is 10.1. The molecule has 2 aromatic carbocycles. The van der Waals surface area contributed by atoms with Crippen LogP contribution < -0.4 is 5.32 Å². The average molecular weight is 405 g/mol. The summed E-state index contributed by atoms with van der Waals surface area (Å²) in [7, 11) is 0. The van der Waals surface area contributed by atoms with Crippen LogP contribution in [-0.2, 0) is 4.79 Å². The summed E-state index contributed by atoms with van der Waals surface area (Å²) < 4.78 is 5.65. The molecule has 0 aliphatic carbocycles. The maximum absolute atomic E-state index is 12.7. The molecule has 1 aliphatic heterocycles. The molecule has 4 rings (SSSR count). The van der Waals surface area contributed by atoms with Crippen LogP contribution in [0.5, 0.6) is 0 Å². The maximum atomic E-state index is 12.7. The van der Waals surface area contributed by atoms with Gasteiger partial charge < -0.3 is 19.5 Å². The zero-order valence-electron chi connectivity index (χ0n) is 16.8. The van der Waals surface area contributed by atoms with E-state index in [1.165, 1.54) is 0 Å². The molecule has 0 saturated carbocycles. The highest BCUT2D eigenvalue weighted by Crippen LogP contribution is 2.20. The predicted octanol–water partition coefficient (Wildman–Crippen LogP) is 2.46. The number of carbonyl (C=O) groups excluding carboxylic acids is 3. The fourth-order valence-corrected chi connectivity index (χ4v) is 3.56. The molecule has 0 bridgehead atoms. The van der Waals surface area contributed by atoms with E-state index in [4.69, 9.17) is 4.42 Å². The van der Waals surface area contributed by atoms with Gasteiger partial charge in [0.15, 0.2) is 5.76 Å². The highest BCUT2D eigenvalue weighted by Gasteiger charge is 2.26. The average Bonchev–Trinajstić information content (AvgIpc) is 3.21. The smallest absolute Gasteiger partial charge is 0.289 e. The fourth-order valence-electron chi connectivity index (χ4n) is 3.56. The third kappa shape index (κ3) is 4.20. The van der Waals surface area contributed by atoms with Gasteiger partial charge in [0, 0.05) is 37.1 Å². The van der Waals surface area contributed by atoms with Gasteiger partial charge in [-0.05, 0) is 31.2 Å². The number of benzene rings is 2. The minimum atomic E-state index is -0.272. The molecule has 3 aromatic rings. The molecule has 1 saturated heterocycles. The molecule has 1 aliphatic rings. The van der Waals surface area contributed by atoms with Crippen LogP contribution in [0, 0.1) is 6.92 Å². The fraction of sp³-hybridized carbons (Fsp3) is 0.261. The summed E-state index contributed by atoms with van der Waals surface area (Å²) in [5.41, 5.74) is 2.20. The van der Waals surface area contributed by atoms with Gasteiger partial charge in [-0.3, -0.25) is 14.4 Å². The number of hydrogen-bond acceptors (Lipinski definition) is 4. The summed E-state index contributed by atoms with van der Waals surface area (Å²) in [6.07, 6.45) is 0. The Morgan fingerprint density at radius 2 is 1.67 bits per heavy atom. The first-order chi connectivity index (χ1) is 14.5. The number of nitrogens with one attached hydrogen (secondary N) is 1. The molecule has 1 fully saturated rings. The van der Waals surface area contributed by atoms with Gasteiger partial charge in [0.1, 0.15) is 5.58 Å². The SMILES string of the molecule is Cc1cccc(C(=O)NCC(=O)N2CCN(C(=O)c3cc4ccccc4o3)CC2)c1. The van der Waals surface area contributed by atoms with Crippen molar-refractivity contribution in [2.24, 2.45) is 0 Å². The number of hydrogen-bond donors (Lipinski definition) is 1. The number of furan rings is 1. The van der Waals surface area contributed by atoms with Crippen LogP contribution in [-0.4, -0.2) is 60.2 Å². The predicted molar refractivity (Wildman–Crippen MR) is 112 cm³/mol.